The van der Waals surface area contributed by atoms with Crippen molar-refractivity contribution in [2.24, 2.45) is 21.5 Å². The number of nitrogens with one attached hydrogen (secondary N) is 9. The molecule has 0 fully saturated rings. The lowest BCUT2D eigenvalue weighted by Gasteiger charge is -2.19. The molecule has 84 heavy (non-hydrogen) atoms. The maximum Gasteiger partial charge on any atom is 0.264 e. The van der Waals surface area contributed by atoms with Crippen LogP contribution in [0, 0.1) is 41.5 Å². The Labute approximate surface area is 491 Å². The first-order chi connectivity index (χ1) is 40.0. The van der Waals surface area contributed by atoms with E-state index in [1.54, 1.807) is 66.1 Å². The number of sulfonamides is 2. The number of unbranched alkanes of at least 4 members (excludes halogenated alkanes) is 2. The van der Waals surface area contributed by atoms with Crippen molar-refractivity contribution < 1.29 is 45.5 Å². The predicted octanol–water partition coefficient (Wildman–Crippen LogP) is 4.41. The summed E-state index contributed by atoms with van der Waals surface area (Å²) >= 11 is 0. The topological polar surface area (TPSA) is 348 Å². The summed E-state index contributed by atoms with van der Waals surface area (Å²) in [5.41, 5.74) is 18.8. The number of aromatic nitrogens is 2. The van der Waals surface area contributed by atoms with Crippen LogP contribution in [0.15, 0.2) is 92.8 Å². The fourth-order valence-corrected chi connectivity index (χ4v) is 13.0. The number of amides is 4. The molecule has 0 aliphatic carbocycles. The minimum atomic E-state index is -4.09. The number of carbonyl (C=O) groups excluding carboxylic acids is 4. The van der Waals surface area contributed by atoms with Crippen LogP contribution in [0.2, 0.25) is 0 Å². The van der Waals surface area contributed by atoms with E-state index in [9.17, 15) is 36.0 Å². The van der Waals surface area contributed by atoms with Gasteiger partial charge >= 0.3 is 0 Å². The van der Waals surface area contributed by atoms with Crippen molar-refractivity contribution in [3.63, 3.8) is 0 Å². The van der Waals surface area contributed by atoms with Crippen molar-refractivity contribution in [3.8, 4) is 11.5 Å². The van der Waals surface area contributed by atoms with Crippen LogP contribution in [0.1, 0.15) is 89.5 Å². The molecular weight excluding hydrogens is 1110 g/mol. The number of rotatable bonds is 31. The zero-order valence-electron chi connectivity index (χ0n) is 49.1. The Hall–Kier alpha value is -8.16. The molecule has 23 nitrogen and oxygen atoms in total. The van der Waals surface area contributed by atoms with Crippen LogP contribution in [-0.4, -0.2) is 128 Å². The second kappa shape index (κ2) is 30.4. The van der Waals surface area contributed by atoms with E-state index in [0.717, 1.165) is 45.8 Å². The number of aromatic amines is 2. The van der Waals surface area contributed by atoms with Gasteiger partial charge in [0.05, 0.1) is 36.9 Å². The number of nitrogens with zero attached hydrogens (tertiary/aromatic N) is 2. The van der Waals surface area contributed by atoms with Crippen molar-refractivity contribution in [1.82, 2.24) is 46.0 Å². The number of hydrogen-bond acceptors (Lipinski definition) is 13. The Kier molecular flexibility index (Phi) is 23.5. The highest BCUT2D eigenvalue weighted by Gasteiger charge is 2.27. The Morgan fingerprint density at radius 2 is 0.964 bits per heavy atom. The van der Waals surface area contributed by atoms with Gasteiger partial charge in [-0.25, -0.2) is 26.3 Å². The molecule has 2 heterocycles. The van der Waals surface area contributed by atoms with Crippen molar-refractivity contribution >= 4 is 77.4 Å². The lowest BCUT2D eigenvalue weighted by atomic mass is 10.1. The molecule has 4 amide bonds. The highest BCUT2D eigenvalue weighted by atomic mass is 32.2. The van der Waals surface area contributed by atoms with Gasteiger partial charge in [0.25, 0.3) is 20.0 Å². The number of methoxy groups -OCH3 is 2. The summed E-state index contributed by atoms with van der Waals surface area (Å²) in [6.07, 6.45) is 6.77. The third-order valence-corrected chi connectivity index (χ3v) is 17.9. The molecule has 0 aliphatic rings. The van der Waals surface area contributed by atoms with E-state index >= 15 is 0 Å². The summed E-state index contributed by atoms with van der Waals surface area (Å²) in [7, 11) is -5.15. The lowest BCUT2D eigenvalue weighted by molar-refractivity contribution is -0.128. The number of nitrogens with two attached hydrogens (primary N) is 2. The van der Waals surface area contributed by atoms with Crippen LogP contribution >= 0.6 is 0 Å². The number of fused-ring (bicyclic) bond motifs is 2. The molecule has 0 radical (unpaired) electrons. The molecule has 0 saturated carbocycles. The smallest absolute Gasteiger partial charge is 0.264 e. The van der Waals surface area contributed by atoms with E-state index < -0.39 is 38.0 Å². The Morgan fingerprint density at radius 3 is 1.40 bits per heavy atom. The molecule has 6 rings (SSSR count). The number of aliphatic imine (C=N–C) groups is 2. The van der Waals surface area contributed by atoms with Crippen molar-refractivity contribution in [2.75, 3.05) is 53.5 Å². The number of aryl methyl sites for hydroxylation is 2. The van der Waals surface area contributed by atoms with Crippen LogP contribution in [0.3, 0.4) is 0 Å². The fraction of sp³-hybridized carbons (Fsp3) is 0.424. The molecule has 4 aromatic carbocycles. The molecule has 13 N–H and O–H groups in total. The van der Waals surface area contributed by atoms with Gasteiger partial charge in [-0.15, -0.1) is 0 Å². The largest absolute Gasteiger partial charge is 0.496 e. The van der Waals surface area contributed by atoms with Crippen LogP contribution in [0.5, 0.6) is 11.5 Å². The van der Waals surface area contributed by atoms with Gasteiger partial charge in [0, 0.05) is 66.9 Å². The summed E-state index contributed by atoms with van der Waals surface area (Å²) in [4.78, 5) is 69.0. The maximum absolute atomic E-state index is 13.6. The van der Waals surface area contributed by atoms with Gasteiger partial charge in [-0.05, 0) is 155 Å². The maximum atomic E-state index is 13.6. The standard InChI is InChI=1S/C59H81N13O10S2/c1-36-30-50(81-7)38(3)40(5)54(36)83(77,78)71-58(60)65-26-16-22-48(69-52(73)32-42-34-67-46-20-12-10-18-44(42)46)56(75)63-25-15-9-14-24-62-28-29-64-57(76)49(70-53(74)33-43-35-68-47-21-13-11-19-45(43)47)23-17-27-66-59(61)72-84(79,80)55-37(2)31-51(82-8)39(4)41(55)6/h10-13,18-21,30-31,34-35,48-49,62,67-68H,9,14-17,22-29,32-33H2,1-8H3,(H,63,75)(H,64,76)(H,69,73)(H,70,74)(H3,60,65,71)(H3,61,66,72)/t48-,49-/m1/s1. The molecule has 0 saturated heterocycles. The first kappa shape index (κ1) is 65.0. The van der Waals surface area contributed by atoms with E-state index in [-0.39, 0.29) is 84.7 Å². The van der Waals surface area contributed by atoms with Crippen LogP contribution in [-0.2, 0) is 52.1 Å². The monoisotopic (exact) mass is 1200 g/mol. The van der Waals surface area contributed by atoms with Crippen molar-refractivity contribution in [2.45, 2.75) is 121 Å². The van der Waals surface area contributed by atoms with Crippen LogP contribution in [0.4, 0.5) is 0 Å². The SMILES string of the molecule is COc1cc(C)c(S(=O)(=O)NC(N)=NCCC[C@@H](NC(=O)Cc2c[nH]c3ccccc23)C(=O)NCCCCCNCCNC(=O)[C@@H](CCCN=C(N)NS(=O)(=O)c2c(C)cc(OC)c(C)c2C)NC(=O)Cc2c[nH]c3ccccc23)c(C)c1C. The summed E-state index contributed by atoms with van der Waals surface area (Å²) in [6, 6.07) is 16.7. The minimum Gasteiger partial charge on any atom is -0.496 e. The van der Waals surface area contributed by atoms with Gasteiger partial charge in [-0.1, -0.05) is 42.8 Å². The number of para-hydroxylation sites is 2. The minimum absolute atomic E-state index is 0.0349. The van der Waals surface area contributed by atoms with Gasteiger partial charge in [0.2, 0.25) is 35.5 Å². The third kappa shape index (κ3) is 17.7. The molecule has 454 valence electrons. The molecule has 0 unspecified atom stereocenters. The average Bonchev–Trinajstić information content (AvgIpc) is 4.05. The molecule has 2 aromatic heterocycles. The van der Waals surface area contributed by atoms with E-state index in [4.69, 9.17) is 20.9 Å². The summed E-state index contributed by atoms with van der Waals surface area (Å²) in [5.74, 6) is -0.945. The third-order valence-electron chi connectivity index (χ3n) is 14.6. The Balaban J connectivity index is 0.957. The normalized spacial score (nSPS) is 12.9. The van der Waals surface area contributed by atoms with Gasteiger partial charge in [-0.2, -0.15) is 0 Å². The summed E-state index contributed by atoms with van der Waals surface area (Å²) in [6.45, 7) is 12.1. The van der Waals surface area contributed by atoms with Gasteiger partial charge < -0.3 is 57.5 Å². The van der Waals surface area contributed by atoms with Crippen LogP contribution < -0.4 is 57.0 Å². The van der Waals surface area contributed by atoms with Gasteiger partial charge in [0.1, 0.15) is 23.6 Å². The zero-order valence-corrected chi connectivity index (χ0v) is 50.8. The quantitative estimate of drug-likeness (QED) is 0.0163. The second-order valence-electron chi connectivity index (χ2n) is 20.7. The number of H-pyrrole nitrogens is 2. The first-order valence-electron chi connectivity index (χ1n) is 27.9. The van der Waals surface area contributed by atoms with E-state index in [1.165, 1.54) is 14.2 Å². The highest BCUT2D eigenvalue weighted by molar-refractivity contribution is 7.90. The zero-order chi connectivity index (χ0) is 61.1. The van der Waals surface area contributed by atoms with Crippen molar-refractivity contribution in [3.05, 3.63) is 118 Å². The highest BCUT2D eigenvalue weighted by Crippen LogP contribution is 2.32. The Bertz CT molecular complexity index is 3360. The first-order valence-corrected chi connectivity index (χ1v) is 30.9. The van der Waals surface area contributed by atoms with Gasteiger partial charge in [-0.3, -0.25) is 29.2 Å². The fourth-order valence-electron chi connectivity index (χ4n) is 10.1. The average molecular weight is 1200 g/mol. The number of guanidine groups is 2. The summed E-state index contributed by atoms with van der Waals surface area (Å²) < 4.78 is 69.1. The predicted molar refractivity (Wildman–Crippen MR) is 327 cm³/mol. The van der Waals surface area contributed by atoms with Crippen LogP contribution in [0.25, 0.3) is 21.8 Å². The summed E-state index contributed by atoms with van der Waals surface area (Å²) in [5, 5.41) is 16.7. The molecule has 2 atom stereocenters. The second-order valence-corrected chi connectivity index (χ2v) is 23.9. The van der Waals surface area contributed by atoms with Crippen molar-refractivity contribution in [1.29, 1.82) is 0 Å². The lowest BCUT2D eigenvalue weighted by Crippen LogP contribution is -2.48. The van der Waals surface area contributed by atoms with E-state index in [1.807, 2.05) is 48.5 Å². The molecular formula is C59H81N13O10S2. The Morgan fingerprint density at radius 1 is 0.548 bits per heavy atom. The number of benzene rings is 4. The van der Waals surface area contributed by atoms with Gasteiger partial charge in [0.15, 0.2) is 0 Å². The number of carbonyl (C=O) groups is 4. The van der Waals surface area contributed by atoms with E-state index in [2.05, 4.69) is 56.0 Å². The molecule has 0 bridgehead atoms. The molecule has 0 spiro atoms. The number of hydrogen-bond donors (Lipinski definition) is 11. The van der Waals surface area contributed by atoms with E-state index in [0.29, 0.717) is 83.8 Å². The molecule has 25 heteroatoms. The molecule has 0 aliphatic heterocycles. The molecule has 6 aromatic rings. The number of ether oxygens (including phenoxy) is 2.